The highest BCUT2D eigenvalue weighted by Crippen LogP contribution is 2.38. The third-order valence-corrected chi connectivity index (χ3v) is 2.61. The van der Waals surface area contributed by atoms with Gasteiger partial charge < -0.3 is 5.11 Å². The Morgan fingerprint density at radius 1 is 1.30 bits per heavy atom. The van der Waals surface area contributed by atoms with Gasteiger partial charge in [-0.05, 0) is 5.56 Å². The van der Waals surface area contributed by atoms with Crippen LogP contribution in [0.1, 0.15) is 26.5 Å². The first kappa shape index (κ1) is 13.8. The monoisotopic (exact) mass is 284 g/mol. The molecule has 2 aromatic rings. The molecule has 0 atom stereocenters. The number of aromatic carboxylic acids is 1. The number of carboxylic acid groups (broad SMARTS) is 1. The Kier molecular flexibility index (Phi) is 3.31. The molecule has 0 saturated heterocycles. The van der Waals surface area contributed by atoms with Gasteiger partial charge in [0.1, 0.15) is 5.69 Å². The van der Waals surface area contributed by atoms with Crippen molar-refractivity contribution in [3.05, 3.63) is 41.2 Å². The SMILES string of the molecule is O=Cc1ccccc1-c1c(C(=O)O)n[nH]c1C(F)(F)F. The number of benzene rings is 1. The molecular formula is C12H7F3N2O3. The van der Waals surface area contributed by atoms with Gasteiger partial charge in [-0.15, -0.1) is 0 Å². The highest BCUT2D eigenvalue weighted by Gasteiger charge is 2.39. The van der Waals surface area contributed by atoms with Crippen LogP contribution in [0.2, 0.25) is 0 Å². The molecule has 2 rings (SSSR count). The molecule has 0 fully saturated rings. The molecular weight excluding hydrogens is 277 g/mol. The molecule has 0 aliphatic carbocycles. The number of aldehydes is 1. The molecule has 1 aromatic carbocycles. The van der Waals surface area contributed by atoms with Crippen molar-refractivity contribution in [2.45, 2.75) is 6.18 Å². The van der Waals surface area contributed by atoms with Gasteiger partial charge in [0.15, 0.2) is 12.0 Å². The summed E-state index contributed by atoms with van der Waals surface area (Å²) in [5.41, 5.74) is -2.92. The summed E-state index contributed by atoms with van der Waals surface area (Å²) in [6.07, 6.45) is -4.46. The zero-order chi connectivity index (χ0) is 14.9. The molecule has 2 N–H and O–H groups in total. The number of rotatable bonds is 3. The van der Waals surface area contributed by atoms with Crippen LogP contribution in [0.5, 0.6) is 0 Å². The Morgan fingerprint density at radius 2 is 1.95 bits per heavy atom. The van der Waals surface area contributed by atoms with Crippen molar-refractivity contribution in [1.29, 1.82) is 0 Å². The van der Waals surface area contributed by atoms with Crippen LogP contribution in [0, 0.1) is 0 Å². The number of alkyl halides is 3. The van der Waals surface area contributed by atoms with E-state index in [1.54, 1.807) is 5.10 Å². The van der Waals surface area contributed by atoms with E-state index in [9.17, 15) is 22.8 Å². The number of nitrogens with zero attached hydrogens (tertiary/aromatic N) is 1. The van der Waals surface area contributed by atoms with Crippen LogP contribution in [0.4, 0.5) is 13.2 Å². The summed E-state index contributed by atoms with van der Waals surface area (Å²) in [5, 5.41) is 13.8. The van der Waals surface area contributed by atoms with Crippen LogP contribution in [0.3, 0.4) is 0 Å². The van der Waals surface area contributed by atoms with Gasteiger partial charge in [0.25, 0.3) is 0 Å². The minimum Gasteiger partial charge on any atom is -0.476 e. The van der Waals surface area contributed by atoms with Crippen molar-refractivity contribution in [3.8, 4) is 11.1 Å². The zero-order valence-corrected chi connectivity index (χ0v) is 9.73. The predicted molar refractivity (Wildman–Crippen MR) is 61.4 cm³/mol. The van der Waals surface area contributed by atoms with Crippen LogP contribution in [-0.4, -0.2) is 27.6 Å². The van der Waals surface area contributed by atoms with Crippen molar-refractivity contribution in [3.63, 3.8) is 0 Å². The summed E-state index contributed by atoms with van der Waals surface area (Å²) < 4.78 is 38.7. The van der Waals surface area contributed by atoms with E-state index in [1.807, 2.05) is 0 Å². The Bertz CT molecular complexity index is 677. The molecule has 1 aromatic heterocycles. The number of hydrogen-bond acceptors (Lipinski definition) is 3. The van der Waals surface area contributed by atoms with Crippen molar-refractivity contribution in [1.82, 2.24) is 10.2 Å². The zero-order valence-electron chi connectivity index (χ0n) is 9.73. The molecule has 104 valence electrons. The predicted octanol–water partition coefficient (Wildman–Crippen LogP) is 2.61. The maximum absolute atomic E-state index is 12.9. The van der Waals surface area contributed by atoms with Crippen molar-refractivity contribution in [2.24, 2.45) is 0 Å². The molecule has 1 heterocycles. The van der Waals surface area contributed by atoms with Gasteiger partial charge in [0.05, 0.1) is 0 Å². The number of H-pyrrole nitrogens is 1. The van der Waals surface area contributed by atoms with Crippen LogP contribution in [0.25, 0.3) is 11.1 Å². The number of aromatic nitrogens is 2. The molecule has 0 amide bonds. The Labute approximate surface area is 110 Å². The number of hydrogen-bond donors (Lipinski definition) is 2. The summed E-state index contributed by atoms with van der Waals surface area (Å²) >= 11 is 0. The van der Waals surface area contributed by atoms with Gasteiger partial charge >= 0.3 is 12.1 Å². The smallest absolute Gasteiger partial charge is 0.433 e. The second kappa shape index (κ2) is 4.80. The maximum Gasteiger partial charge on any atom is 0.433 e. The number of carbonyl (C=O) groups excluding carboxylic acids is 1. The lowest BCUT2D eigenvalue weighted by Crippen LogP contribution is -2.09. The first-order valence-electron chi connectivity index (χ1n) is 5.29. The molecule has 0 unspecified atom stereocenters. The fourth-order valence-electron chi connectivity index (χ4n) is 1.79. The van der Waals surface area contributed by atoms with Gasteiger partial charge in [-0.2, -0.15) is 18.3 Å². The molecule has 20 heavy (non-hydrogen) atoms. The summed E-state index contributed by atoms with van der Waals surface area (Å²) in [7, 11) is 0. The van der Waals surface area contributed by atoms with Crippen molar-refractivity contribution >= 4 is 12.3 Å². The fraction of sp³-hybridized carbons (Fsp3) is 0.0833. The largest absolute Gasteiger partial charge is 0.476 e. The summed E-state index contributed by atoms with van der Waals surface area (Å²) in [6, 6.07) is 5.39. The molecule has 8 heteroatoms. The van der Waals surface area contributed by atoms with E-state index in [-0.39, 0.29) is 11.1 Å². The lowest BCUT2D eigenvalue weighted by atomic mass is 9.98. The molecule has 0 bridgehead atoms. The average Bonchev–Trinajstić information content (AvgIpc) is 2.83. The number of halogens is 3. The van der Waals surface area contributed by atoms with Gasteiger partial charge in [0, 0.05) is 11.1 Å². The first-order valence-corrected chi connectivity index (χ1v) is 5.29. The molecule has 0 aliphatic rings. The first-order chi connectivity index (χ1) is 9.36. The van der Waals surface area contributed by atoms with Crippen LogP contribution in [-0.2, 0) is 6.18 Å². The summed E-state index contributed by atoms with van der Waals surface area (Å²) in [4.78, 5) is 21.9. The van der Waals surface area contributed by atoms with Crippen LogP contribution < -0.4 is 0 Å². The van der Waals surface area contributed by atoms with Crippen LogP contribution >= 0.6 is 0 Å². The second-order valence-electron chi connectivity index (χ2n) is 3.83. The van der Waals surface area contributed by atoms with E-state index >= 15 is 0 Å². The number of aromatic amines is 1. The minimum absolute atomic E-state index is 0.0538. The Morgan fingerprint density at radius 3 is 2.50 bits per heavy atom. The van der Waals surface area contributed by atoms with Gasteiger partial charge in [0.2, 0.25) is 0 Å². The fourth-order valence-corrected chi connectivity index (χ4v) is 1.79. The van der Waals surface area contributed by atoms with E-state index in [0.29, 0.717) is 6.29 Å². The third-order valence-electron chi connectivity index (χ3n) is 2.61. The molecule has 5 nitrogen and oxygen atoms in total. The van der Waals surface area contributed by atoms with Crippen LogP contribution in [0.15, 0.2) is 24.3 Å². The number of nitrogens with one attached hydrogen (secondary N) is 1. The maximum atomic E-state index is 12.9. The average molecular weight is 284 g/mol. The second-order valence-corrected chi connectivity index (χ2v) is 3.83. The van der Waals surface area contributed by atoms with E-state index in [0.717, 1.165) is 0 Å². The molecule has 0 spiro atoms. The number of carboxylic acids is 1. The molecule has 0 saturated carbocycles. The summed E-state index contributed by atoms with van der Waals surface area (Å²) in [5.74, 6) is -1.62. The van der Waals surface area contributed by atoms with Gasteiger partial charge in [-0.25, -0.2) is 4.79 Å². The standard InChI is InChI=1S/C12H7F3N2O3/c13-12(14,15)10-8(9(11(19)20)16-17-10)7-4-2-1-3-6(7)5-18/h1-5H,(H,16,17)(H,19,20). The quantitative estimate of drug-likeness (QED) is 0.849. The van der Waals surface area contributed by atoms with E-state index in [2.05, 4.69) is 5.10 Å². The van der Waals surface area contributed by atoms with Gasteiger partial charge in [-0.1, -0.05) is 24.3 Å². The summed E-state index contributed by atoms with van der Waals surface area (Å²) in [6.45, 7) is 0. The van der Waals surface area contributed by atoms with Crippen molar-refractivity contribution < 1.29 is 27.9 Å². The molecule has 0 radical (unpaired) electrons. The molecule has 0 aliphatic heterocycles. The normalized spacial score (nSPS) is 11.3. The van der Waals surface area contributed by atoms with Gasteiger partial charge in [-0.3, -0.25) is 9.89 Å². The Hall–Kier alpha value is -2.64. The van der Waals surface area contributed by atoms with Crippen molar-refractivity contribution in [2.75, 3.05) is 0 Å². The third kappa shape index (κ3) is 2.27. The number of carbonyl (C=O) groups is 2. The lowest BCUT2D eigenvalue weighted by molar-refractivity contribution is -0.140. The highest BCUT2D eigenvalue weighted by atomic mass is 19.4. The topological polar surface area (TPSA) is 83.1 Å². The minimum atomic E-state index is -4.81. The van der Waals surface area contributed by atoms with E-state index in [1.165, 1.54) is 24.3 Å². The Balaban J connectivity index is 2.80. The lowest BCUT2D eigenvalue weighted by Gasteiger charge is -2.09. The highest BCUT2D eigenvalue weighted by molar-refractivity contribution is 5.98. The van der Waals surface area contributed by atoms with E-state index in [4.69, 9.17) is 5.11 Å². The van der Waals surface area contributed by atoms with E-state index < -0.39 is 29.1 Å².